The average Bonchev–Trinajstić information content (AvgIpc) is 2.41. The molecule has 0 spiro atoms. The van der Waals surface area contributed by atoms with E-state index < -0.39 is 5.97 Å². The van der Waals surface area contributed by atoms with E-state index in [4.69, 9.17) is 9.47 Å². The van der Waals surface area contributed by atoms with Gasteiger partial charge in [0.15, 0.2) is 0 Å². The van der Waals surface area contributed by atoms with E-state index >= 15 is 0 Å². The highest BCUT2D eigenvalue weighted by molar-refractivity contribution is 8.76. The van der Waals surface area contributed by atoms with Crippen LogP contribution in [0.4, 0.5) is 0 Å². The monoisotopic (exact) mass is 316 g/mol. The van der Waals surface area contributed by atoms with Crippen molar-refractivity contribution in [1.82, 2.24) is 0 Å². The average molecular weight is 316 g/mol. The molecule has 0 aromatic heterocycles. The highest BCUT2D eigenvalue weighted by Gasteiger charge is 2.11. The first-order valence-corrected chi connectivity index (χ1v) is 8.43. The summed E-state index contributed by atoms with van der Waals surface area (Å²) in [6, 6.07) is 6.26. The molecule has 1 aromatic carbocycles. The Balaban J connectivity index is 2.08. The predicted molar refractivity (Wildman–Crippen MR) is 79.9 cm³/mol. The topological polar surface area (TPSA) is 72.8 Å². The van der Waals surface area contributed by atoms with Gasteiger partial charge in [-0.3, -0.25) is 4.79 Å². The third-order valence-electron chi connectivity index (χ3n) is 2.08. The Kier molecular flexibility index (Phi) is 7.98. The summed E-state index contributed by atoms with van der Waals surface area (Å²) in [5, 5.41) is 9.47. The van der Waals surface area contributed by atoms with Crippen LogP contribution in [0, 0.1) is 0 Å². The summed E-state index contributed by atoms with van der Waals surface area (Å²) in [5.74, 6) is 0.420. The minimum atomic E-state index is -0.534. The molecule has 0 saturated carbocycles. The van der Waals surface area contributed by atoms with Gasteiger partial charge < -0.3 is 14.6 Å². The van der Waals surface area contributed by atoms with Gasteiger partial charge in [0.05, 0.1) is 0 Å². The zero-order valence-electron chi connectivity index (χ0n) is 11.0. The molecule has 1 aromatic rings. The Morgan fingerprint density at radius 1 is 1.10 bits per heavy atom. The first kappa shape index (κ1) is 16.7. The largest absolute Gasteiger partial charge is 0.507 e. The molecule has 0 aliphatic heterocycles. The van der Waals surface area contributed by atoms with E-state index in [1.165, 1.54) is 29.9 Å². The lowest BCUT2D eigenvalue weighted by molar-refractivity contribution is -0.140. The molecular formula is C13H16O5S2. The number of benzene rings is 1. The fraction of sp³-hybridized carbons (Fsp3) is 0.385. The van der Waals surface area contributed by atoms with E-state index in [1.54, 1.807) is 22.9 Å². The fourth-order valence-corrected chi connectivity index (χ4v) is 2.88. The van der Waals surface area contributed by atoms with Crippen molar-refractivity contribution in [2.24, 2.45) is 0 Å². The van der Waals surface area contributed by atoms with E-state index in [0.29, 0.717) is 18.1 Å². The van der Waals surface area contributed by atoms with Crippen molar-refractivity contribution in [3.8, 4) is 5.75 Å². The number of esters is 2. The number of rotatable bonds is 8. The molecule has 1 rings (SSSR count). The summed E-state index contributed by atoms with van der Waals surface area (Å²) < 4.78 is 9.81. The van der Waals surface area contributed by atoms with Gasteiger partial charge in [0.25, 0.3) is 0 Å². The fourth-order valence-electron chi connectivity index (χ4n) is 1.23. The maximum Gasteiger partial charge on any atom is 0.341 e. The van der Waals surface area contributed by atoms with Gasteiger partial charge in [-0.15, -0.1) is 0 Å². The second-order valence-electron chi connectivity index (χ2n) is 3.64. The minimum absolute atomic E-state index is 0.0825. The lowest BCUT2D eigenvalue weighted by atomic mass is 10.2. The molecule has 110 valence electrons. The summed E-state index contributed by atoms with van der Waals surface area (Å²) in [6.07, 6.45) is 0. The van der Waals surface area contributed by atoms with Crippen molar-refractivity contribution in [3.05, 3.63) is 29.8 Å². The zero-order chi connectivity index (χ0) is 14.8. The number of para-hydroxylation sites is 1. The van der Waals surface area contributed by atoms with Crippen molar-refractivity contribution in [2.45, 2.75) is 6.92 Å². The van der Waals surface area contributed by atoms with Gasteiger partial charge in [-0.25, -0.2) is 4.79 Å². The molecule has 0 aliphatic rings. The number of hydrogen-bond donors (Lipinski definition) is 1. The lowest BCUT2D eigenvalue weighted by Crippen LogP contribution is -2.08. The summed E-state index contributed by atoms with van der Waals surface area (Å²) >= 11 is 0. The van der Waals surface area contributed by atoms with Crippen LogP contribution in [0.3, 0.4) is 0 Å². The zero-order valence-corrected chi connectivity index (χ0v) is 12.7. The van der Waals surface area contributed by atoms with Crippen molar-refractivity contribution in [1.29, 1.82) is 0 Å². The summed E-state index contributed by atoms with van der Waals surface area (Å²) in [5.41, 5.74) is 0.167. The molecule has 0 saturated heterocycles. The molecule has 0 fully saturated rings. The van der Waals surface area contributed by atoms with Crippen LogP contribution < -0.4 is 0 Å². The molecule has 0 amide bonds. The van der Waals surface area contributed by atoms with Crippen LogP contribution in [0.5, 0.6) is 5.75 Å². The number of ether oxygens (including phenoxy) is 2. The van der Waals surface area contributed by atoms with Gasteiger partial charge in [-0.2, -0.15) is 0 Å². The van der Waals surface area contributed by atoms with E-state index in [9.17, 15) is 14.7 Å². The van der Waals surface area contributed by atoms with Crippen molar-refractivity contribution < 1.29 is 24.2 Å². The van der Waals surface area contributed by atoms with Crippen molar-refractivity contribution in [3.63, 3.8) is 0 Å². The number of phenols is 1. The predicted octanol–water partition coefficient (Wildman–Crippen LogP) is 2.49. The Labute approximate surface area is 125 Å². The molecule has 7 heteroatoms. The molecule has 1 N–H and O–H groups in total. The maximum absolute atomic E-state index is 11.6. The number of hydrogen-bond acceptors (Lipinski definition) is 7. The molecule has 0 bridgehead atoms. The number of carbonyl (C=O) groups is 2. The molecule has 20 heavy (non-hydrogen) atoms. The summed E-state index contributed by atoms with van der Waals surface area (Å²) in [4.78, 5) is 22.1. The van der Waals surface area contributed by atoms with Crippen LogP contribution >= 0.6 is 21.6 Å². The van der Waals surface area contributed by atoms with E-state index in [1.807, 2.05) is 0 Å². The van der Waals surface area contributed by atoms with Crippen LogP contribution in [0.1, 0.15) is 17.3 Å². The molecule has 0 heterocycles. The highest BCUT2D eigenvalue weighted by atomic mass is 33.1. The van der Waals surface area contributed by atoms with Crippen LogP contribution in [0.15, 0.2) is 24.3 Å². The molecule has 0 aliphatic carbocycles. The van der Waals surface area contributed by atoms with Crippen LogP contribution in [-0.4, -0.2) is 41.8 Å². The van der Waals surface area contributed by atoms with Gasteiger partial charge in [-0.05, 0) is 12.1 Å². The normalized spacial score (nSPS) is 10.1. The Morgan fingerprint density at radius 2 is 1.70 bits per heavy atom. The smallest absolute Gasteiger partial charge is 0.341 e. The van der Waals surface area contributed by atoms with E-state index in [-0.39, 0.29) is 23.9 Å². The molecule has 5 nitrogen and oxygen atoms in total. The second kappa shape index (κ2) is 9.55. The SMILES string of the molecule is CC(=O)OCCSSCCOC(=O)c1ccccc1O. The first-order chi connectivity index (χ1) is 9.61. The van der Waals surface area contributed by atoms with Gasteiger partial charge in [-0.1, -0.05) is 33.7 Å². The summed E-state index contributed by atoms with van der Waals surface area (Å²) in [6.45, 7) is 2.01. The van der Waals surface area contributed by atoms with E-state index in [0.717, 1.165) is 0 Å². The Hall–Kier alpha value is -1.34. The third-order valence-corrected chi connectivity index (χ3v) is 4.41. The van der Waals surface area contributed by atoms with Crippen LogP contribution in [0.25, 0.3) is 0 Å². The molecular weight excluding hydrogens is 300 g/mol. The third kappa shape index (κ3) is 6.72. The van der Waals surface area contributed by atoms with Crippen molar-refractivity contribution in [2.75, 3.05) is 24.7 Å². The maximum atomic E-state index is 11.6. The molecule has 0 radical (unpaired) electrons. The van der Waals surface area contributed by atoms with Gasteiger partial charge in [0.1, 0.15) is 24.5 Å². The first-order valence-electron chi connectivity index (χ1n) is 5.94. The van der Waals surface area contributed by atoms with Gasteiger partial charge in [0, 0.05) is 18.4 Å². The highest BCUT2D eigenvalue weighted by Crippen LogP contribution is 2.21. The molecule has 0 unspecified atom stereocenters. The van der Waals surface area contributed by atoms with E-state index in [2.05, 4.69) is 0 Å². The second-order valence-corrected chi connectivity index (χ2v) is 6.34. The molecule has 0 atom stereocenters. The van der Waals surface area contributed by atoms with Crippen molar-refractivity contribution >= 4 is 33.5 Å². The Morgan fingerprint density at radius 3 is 2.30 bits per heavy atom. The van der Waals surface area contributed by atoms with Crippen LogP contribution in [0.2, 0.25) is 0 Å². The number of carbonyl (C=O) groups excluding carboxylic acids is 2. The lowest BCUT2D eigenvalue weighted by Gasteiger charge is -2.06. The minimum Gasteiger partial charge on any atom is -0.507 e. The number of aromatic hydroxyl groups is 1. The summed E-state index contributed by atoms with van der Waals surface area (Å²) in [7, 11) is 3.08. The van der Waals surface area contributed by atoms with Crippen LogP contribution in [-0.2, 0) is 14.3 Å². The van der Waals surface area contributed by atoms with Gasteiger partial charge >= 0.3 is 11.9 Å². The Bertz CT molecular complexity index is 450. The standard InChI is InChI=1S/C13H16O5S2/c1-10(14)17-6-8-19-20-9-7-18-13(16)11-4-2-3-5-12(11)15/h2-5,15H,6-9H2,1H3. The number of phenolic OH excluding ortho intramolecular Hbond substituents is 1. The van der Waals surface area contributed by atoms with Gasteiger partial charge in [0.2, 0.25) is 0 Å². The quantitative estimate of drug-likeness (QED) is 0.449.